The third-order valence-electron chi connectivity index (χ3n) is 2.92. The number of carbonyl (C=O) groups is 1. The molecule has 0 spiro atoms. The number of unbranched alkanes of at least 4 members (excludes halogenated alkanes) is 7. The van der Waals surface area contributed by atoms with Gasteiger partial charge in [-0.05, 0) is 12.3 Å². The first-order chi connectivity index (χ1) is 7.63. The van der Waals surface area contributed by atoms with E-state index in [-0.39, 0.29) is 0 Å². The lowest BCUT2D eigenvalue weighted by atomic mass is 10.0. The molecule has 0 aliphatic carbocycles. The highest BCUT2D eigenvalue weighted by Crippen LogP contribution is 2.12. The molecule has 0 bridgehead atoms. The summed E-state index contributed by atoms with van der Waals surface area (Å²) in [5.74, 6) is 0.185. The first kappa shape index (κ1) is 15.5. The van der Waals surface area contributed by atoms with Gasteiger partial charge in [0, 0.05) is 6.42 Å². The number of hydrogen-bond donors (Lipinski definition) is 1. The summed E-state index contributed by atoms with van der Waals surface area (Å²) >= 11 is 0. The number of aliphatic carboxylic acids is 1. The average Bonchev–Trinajstić information content (AvgIpc) is 2.20. The Bertz CT molecular complexity index is 164. The van der Waals surface area contributed by atoms with Gasteiger partial charge < -0.3 is 5.11 Å². The van der Waals surface area contributed by atoms with Crippen LogP contribution in [-0.2, 0) is 4.79 Å². The van der Waals surface area contributed by atoms with Gasteiger partial charge in [-0.25, -0.2) is 0 Å². The lowest BCUT2D eigenvalue weighted by Crippen LogP contribution is -1.93. The Morgan fingerprint density at radius 2 is 1.31 bits per heavy atom. The fraction of sp³-hybridized carbons (Fsp3) is 0.929. The molecule has 0 unspecified atom stereocenters. The maximum atomic E-state index is 10.3. The van der Waals surface area contributed by atoms with Gasteiger partial charge in [-0.2, -0.15) is 0 Å². The van der Waals surface area contributed by atoms with Crippen LogP contribution < -0.4 is 0 Å². The monoisotopic (exact) mass is 228 g/mol. The van der Waals surface area contributed by atoms with Crippen LogP contribution in [0.15, 0.2) is 0 Å². The molecule has 0 radical (unpaired) electrons. The maximum absolute atomic E-state index is 10.3. The molecule has 0 amide bonds. The van der Waals surface area contributed by atoms with Crippen molar-refractivity contribution < 1.29 is 9.90 Å². The second-order valence-electron chi connectivity index (χ2n) is 5.15. The molecule has 0 saturated heterocycles. The number of carboxylic acids is 1. The zero-order valence-electron chi connectivity index (χ0n) is 11.0. The summed E-state index contributed by atoms with van der Waals surface area (Å²) in [5.41, 5.74) is 0. The molecule has 0 rings (SSSR count). The molecular formula is C14H28O2. The highest BCUT2D eigenvalue weighted by molar-refractivity contribution is 5.66. The van der Waals surface area contributed by atoms with Crippen molar-refractivity contribution in [1.29, 1.82) is 0 Å². The SMILES string of the molecule is CC(C)CCCCCCCCCCC(=O)O. The Balaban J connectivity index is 2.96. The summed E-state index contributed by atoms with van der Waals surface area (Å²) < 4.78 is 0. The van der Waals surface area contributed by atoms with Crippen LogP contribution in [0.1, 0.15) is 78.1 Å². The average molecular weight is 228 g/mol. The van der Waals surface area contributed by atoms with Crippen molar-refractivity contribution in [3.05, 3.63) is 0 Å². The molecule has 16 heavy (non-hydrogen) atoms. The van der Waals surface area contributed by atoms with Gasteiger partial charge in [-0.15, -0.1) is 0 Å². The summed E-state index contributed by atoms with van der Waals surface area (Å²) in [6, 6.07) is 0. The van der Waals surface area contributed by atoms with Crippen molar-refractivity contribution in [2.24, 2.45) is 5.92 Å². The van der Waals surface area contributed by atoms with Crippen LogP contribution >= 0.6 is 0 Å². The highest BCUT2D eigenvalue weighted by Gasteiger charge is 1.97. The van der Waals surface area contributed by atoms with E-state index in [0.717, 1.165) is 18.8 Å². The van der Waals surface area contributed by atoms with E-state index in [1.807, 2.05) is 0 Å². The molecule has 0 aromatic rings. The molecule has 0 atom stereocenters. The van der Waals surface area contributed by atoms with Crippen molar-refractivity contribution in [2.45, 2.75) is 78.1 Å². The molecule has 0 saturated carbocycles. The first-order valence-electron chi connectivity index (χ1n) is 6.84. The van der Waals surface area contributed by atoms with Crippen molar-refractivity contribution in [3.8, 4) is 0 Å². The number of hydrogen-bond acceptors (Lipinski definition) is 1. The van der Waals surface area contributed by atoms with E-state index >= 15 is 0 Å². The largest absolute Gasteiger partial charge is 0.481 e. The van der Waals surface area contributed by atoms with E-state index in [0.29, 0.717) is 6.42 Å². The Hall–Kier alpha value is -0.530. The zero-order valence-corrected chi connectivity index (χ0v) is 11.0. The van der Waals surface area contributed by atoms with Gasteiger partial charge in [0.2, 0.25) is 0 Å². The Labute approximate surface area is 100 Å². The molecule has 1 N–H and O–H groups in total. The van der Waals surface area contributed by atoms with Gasteiger partial charge in [0.05, 0.1) is 0 Å². The molecule has 0 fully saturated rings. The molecule has 96 valence electrons. The quantitative estimate of drug-likeness (QED) is 0.523. The predicted molar refractivity (Wildman–Crippen MR) is 68.6 cm³/mol. The van der Waals surface area contributed by atoms with Crippen LogP contribution in [-0.4, -0.2) is 11.1 Å². The summed E-state index contributed by atoms with van der Waals surface area (Å²) in [4.78, 5) is 10.3. The minimum atomic E-state index is -0.659. The van der Waals surface area contributed by atoms with Crippen molar-refractivity contribution in [2.75, 3.05) is 0 Å². The maximum Gasteiger partial charge on any atom is 0.303 e. The Morgan fingerprint density at radius 3 is 1.75 bits per heavy atom. The van der Waals surface area contributed by atoms with Crippen LogP contribution in [0.5, 0.6) is 0 Å². The second-order valence-corrected chi connectivity index (χ2v) is 5.15. The van der Waals surface area contributed by atoms with Gasteiger partial charge in [0.25, 0.3) is 0 Å². The molecule has 0 aromatic heterocycles. The van der Waals surface area contributed by atoms with E-state index in [1.165, 1.54) is 44.9 Å². The van der Waals surface area contributed by atoms with E-state index in [2.05, 4.69) is 13.8 Å². The van der Waals surface area contributed by atoms with Gasteiger partial charge in [-0.1, -0.05) is 65.2 Å². The molecule has 0 heterocycles. The normalized spacial score (nSPS) is 10.9. The summed E-state index contributed by atoms with van der Waals surface area (Å²) in [7, 11) is 0. The molecular weight excluding hydrogens is 200 g/mol. The summed E-state index contributed by atoms with van der Waals surface area (Å²) in [6.07, 6.45) is 11.5. The van der Waals surface area contributed by atoms with Crippen molar-refractivity contribution in [3.63, 3.8) is 0 Å². The first-order valence-corrected chi connectivity index (χ1v) is 6.84. The smallest absolute Gasteiger partial charge is 0.303 e. The van der Waals surface area contributed by atoms with Gasteiger partial charge in [0.15, 0.2) is 0 Å². The fourth-order valence-corrected chi connectivity index (χ4v) is 1.89. The summed E-state index contributed by atoms with van der Waals surface area (Å²) in [5, 5.41) is 8.46. The molecule has 2 nitrogen and oxygen atoms in total. The second kappa shape index (κ2) is 11.0. The van der Waals surface area contributed by atoms with E-state index in [1.54, 1.807) is 0 Å². The van der Waals surface area contributed by atoms with Gasteiger partial charge in [0.1, 0.15) is 0 Å². The molecule has 2 heteroatoms. The van der Waals surface area contributed by atoms with Gasteiger partial charge >= 0.3 is 5.97 Å². The number of rotatable bonds is 11. The van der Waals surface area contributed by atoms with Crippen LogP contribution in [0.4, 0.5) is 0 Å². The Morgan fingerprint density at radius 1 is 0.875 bits per heavy atom. The minimum absolute atomic E-state index is 0.342. The molecule has 0 aliphatic heterocycles. The lowest BCUT2D eigenvalue weighted by Gasteiger charge is -2.04. The van der Waals surface area contributed by atoms with E-state index < -0.39 is 5.97 Å². The topological polar surface area (TPSA) is 37.3 Å². The standard InChI is InChI=1S/C14H28O2/c1-13(2)11-9-7-5-3-4-6-8-10-12-14(15)16/h13H,3-12H2,1-2H3,(H,15,16). The van der Waals surface area contributed by atoms with E-state index in [9.17, 15) is 4.79 Å². The van der Waals surface area contributed by atoms with E-state index in [4.69, 9.17) is 5.11 Å². The Kier molecular flexibility index (Phi) is 10.6. The van der Waals surface area contributed by atoms with Crippen LogP contribution in [0, 0.1) is 5.92 Å². The third-order valence-corrected chi connectivity index (χ3v) is 2.92. The number of carboxylic acid groups (broad SMARTS) is 1. The fourth-order valence-electron chi connectivity index (χ4n) is 1.89. The van der Waals surface area contributed by atoms with Crippen LogP contribution in [0.2, 0.25) is 0 Å². The summed E-state index contributed by atoms with van der Waals surface area (Å²) in [6.45, 7) is 4.56. The van der Waals surface area contributed by atoms with Gasteiger partial charge in [-0.3, -0.25) is 4.79 Å². The van der Waals surface area contributed by atoms with Crippen molar-refractivity contribution >= 4 is 5.97 Å². The zero-order chi connectivity index (χ0) is 12.2. The molecule has 0 aromatic carbocycles. The molecule has 0 aliphatic rings. The minimum Gasteiger partial charge on any atom is -0.481 e. The lowest BCUT2D eigenvalue weighted by molar-refractivity contribution is -0.137. The van der Waals surface area contributed by atoms with Crippen LogP contribution in [0.3, 0.4) is 0 Å². The third kappa shape index (κ3) is 13.5. The van der Waals surface area contributed by atoms with Crippen molar-refractivity contribution in [1.82, 2.24) is 0 Å². The predicted octanol–water partition coefficient (Wildman–Crippen LogP) is 4.63. The van der Waals surface area contributed by atoms with Crippen LogP contribution in [0.25, 0.3) is 0 Å². The highest BCUT2D eigenvalue weighted by atomic mass is 16.4.